The third-order valence-electron chi connectivity index (χ3n) is 7.42. The van der Waals surface area contributed by atoms with Crippen molar-refractivity contribution in [2.45, 2.75) is 44.4 Å². The summed E-state index contributed by atoms with van der Waals surface area (Å²) in [6.07, 6.45) is 6.34. The second kappa shape index (κ2) is 8.25. The van der Waals surface area contributed by atoms with Crippen LogP contribution in [0, 0.1) is 11.7 Å². The number of hydrogen-bond acceptors (Lipinski definition) is 4. The Labute approximate surface area is 192 Å². The molecule has 5 nitrogen and oxygen atoms in total. The summed E-state index contributed by atoms with van der Waals surface area (Å²) in [5.74, 6) is 2.96. The summed E-state index contributed by atoms with van der Waals surface area (Å²) in [6, 6.07) is 13.2. The minimum absolute atomic E-state index is 0.196. The number of aromatic nitrogens is 3. The van der Waals surface area contributed by atoms with Crippen molar-refractivity contribution < 1.29 is 9.13 Å². The highest BCUT2D eigenvalue weighted by Crippen LogP contribution is 2.43. The number of aromatic amines is 1. The van der Waals surface area contributed by atoms with Crippen LogP contribution in [0.2, 0.25) is 0 Å². The zero-order valence-corrected chi connectivity index (χ0v) is 18.7. The maximum Gasteiger partial charge on any atom is 0.216 e. The Morgan fingerprint density at radius 1 is 1.03 bits per heavy atom. The maximum atomic E-state index is 13.9. The van der Waals surface area contributed by atoms with E-state index in [1.807, 2.05) is 18.3 Å². The van der Waals surface area contributed by atoms with Gasteiger partial charge in [-0.15, -0.1) is 0 Å². The van der Waals surface area contributed by atoms with Crippen molar-refractivity contribution in [3.05, 3.63) is 71.4 Å². The molecule has 0 unspecified atom stereocenters. The van der Waals surface area contributed by atoms with Crippen molar-refractivity contribution >= 4 is 27.8 Å². The number of imidazole rings is 1. The van der Waals surface area contributed by atoms with Crippen LogP contribution in [-0.4, -0.2) is 34.0 Å². The summed E-state index contributed by atoms with van der Waals surface area (Å²) >= 11 is 0. The number of hydrogen-bond donors (Lipinski definition) is 1. The summed E-state index contributed by atoms with van der Waals surface area (Å²) in [6.45, 7) is 3.67. The first-order valence-corrected chi connectivity index (χ1v) is 11.9. The van der Waals surface area contributed by atoms with Crippen LogP contribution in [0.5, 0.6) is 0 Å². The van der Waals surface area contributed by atoms with Gasteiger partial charge in [0.2, 0.25) is 5.90 Å². The molecule has 1 fully saturated rings. The van der Waals surface area contributed by atoms with E-state index in [1.165, 1.54) is 11.6 Å². The number of fused-ring (bicyclic) bond motifs is 2. The zero-order valence-electron chi connectivity index (χ0n) is 18.7. The third-order valence-corrected chi connectivity index (χ3v) is 7.42. The molecule has 0 amide bonds. The largest absolute Gasteiger partial charge is 0.476 e. The highest BCUT2D eigenvalue weighted by Gasteiger charge is 2.29. The second-order valence-electron chi connectivity index (χ2n) is 9.35. The standard InChI is InChI=1S/C27H27FN4O/c1-16(26-31-24-8-6-19(14-25(24)32-26)27-30-12-13-33-27)17-2-4-18(5-3-17)21-10-11-29-23-9-7-20(28)15-22(21)23/h6-11,14-18H,2-5,12-13H2,1H3,(H,31,32)/t16-,17-,18+/m1/s1. The highest BCUT2D eigenvalue weighted by molar-refractivity contribution is 5.98. The molecule has 1 aliphatic carbocycles. The fraction of sp³-hybridized carbons (Fsp3) is 0.370. The average Bonchev–Trinajstić information content (AvgIpc) is 3.53. The number of rotatable bonds is 4. The second-order valence-corrected chi connectivity index (χ2v) is 9.35. The van der Waals surface area contributed by atoms with Crippen molar-refractivity contribution in [2.24, 2.45) is 10.9 Å². The van der Waals surface area contributed by atoms with Gasteiger partial charge < -0.3 is 9.72 Å². The molecule has 6 heteroatoms. The Kier molecular flexibility index (Phi) is 5.08. The SMILES string of the molecule is C[C@@H](c1nc2ccc(C3=NCCO3)cc2[nH]1)[C@H]1CC[C@@H](c2ccnc3ccc(F)cc32)CC1. The molecule has 3 heterocycles. The van der Waals surface area contributed by atoms with Crippen LogP contribution in [-0.2, 0) is 4.74 Å². The van der Waals surface area contributed by atoms with E-state index >= 15 is 0 Å². The Bertz CT molecular complexity index is 1350. The smallest absolute Gasteiger partial charge is 0.216 e. The van der Waals surface area contributed by atoms with Gasteiger partial charge in [-0.1, -0.05) is 6.92 Å². The number of aliphatic imine (C=N–C) groups is 1. The first kappa shape index (κ1) is 20.3. The highest BCUT2D eigenvalue weighted by atomic mass is 19.1. The first-order valence-electron chi connectivity index (χ1n) is 11.9. The van der Waals surface area contributed by atoms with Crippen molar-refractivity contribution in [1.29, 1.82) is 0 Å². The van der Waals surface area contributed by atoms with E-state index < -0.39 is 0 Å². The minimum Gasteiger partial charge on any atom is -0.476 e. The molecule has 6 rings (SSSR count). The molecule has 168 valence electrons. The van der Waals surface area contributed by atoms with Crippen LogP contribution in [0.1, 0.15) is 61.4 Å². The number of nitrogens with one attached hydrogen (secondary N) is 1. The van der Waals surface area contributed by atoms with Gasteiger partial charge in [0.15, 0.2) is 0 Å². The van der Waals surface area contributed by atoms with E-state index in [2.05, 4.69) is 34.0 Å². The molecule has 0 radical (unpaired) electrons. The molecule has 0 bridgehead atoms. The van der Waals surface area contributed by atoms with Gasteiger partial charge in [-0.3, -0.25) is 4.98 Å². The topological polar surface area (TPSA) is 63.2 Å². The quantitative estimate of drug-likeness (QED) is 0.415. The molecule has 1 aliphatic heterocycles. The molecule has 2 aromatic heterocycles. The minimum atomic E-state index is -0.196. The monoisotopic (exact) mass is 442 g/mol. The Balaban J connectivity index is 1.19. The molecule has 1 atom stereocenters. The lowest BCUT2D eigenvalue weighted by Crippen LogP contribution is -2.19. The van der Waals surface area contributed by atoms with Gasteiger partial charge in [0, 0.05) is 23.1 Å². The van der Waals surface area contributed by atoms with Gasteiger partial charge in [0.1, 0.15) is 18.2 Å². The van der Waals surface area contributed by atoms with Gasteiger partial charge in [-0.25, -0.2) is 14.4 Å². The molecular formula is C27H27FN4O. The number of H-pyrrole nitrogens is 1. The van der Waals surface area contributed by atoms with Crippen LogP contribution < -0.4 is 0 Å². The van der Waals surface area contributed by atoms with Gasteiger partial charge in [-0.2, -0.15) is 0 Å². The molecular weight excluding hydrogens is 415 g/mol. The van der Waals surface area contributed by atoms with Crippen LogP contribution in [0.25, 0.3) is 21.9 Å². The Morgan fingerprint density at radius 2 is 1.88 bits per heavy atom. The van der Waals surface area contributed by atoms with Crippen molar-refractivity contribution in [3.8, 4) is 0 Å². The molecule has 33 heavy (non-hydrogen) atoms. The van der Waals surface area contributed by atoms with Gasteiger partial charge >= 0.3 is 0 Å². The van der Waals surface area contributed by atoms with Gasteiger partial charge in [0.25, 0.3) is 0 Å². The lowest BCUT2D eigenvalue weighted by molar-refractivity contribution is 0.286. The van der Waals surface area contributed by atoms with E-state index in [0.717, 1.165) is 71.4 Å². The predicted molar refractivity (Wildman–Crippen MR) is 128 cm³/mol. The number of nitrogens with zero attached hydrogens (tertiary/aromatic N) is 3. The Hall–Kier alpha value is -3.28. The van der Waals surface area contributed by atoms with Crippen molar-refractivity contribution in [3.63, 3.8) is 0 Å². The Morgan fingerprint density at radius 3 is 2.70 bits per heavy atom. The van der Waals surface area contributed by atoms with Crippen LogP contribution in [0.3, 0.4) is 0 Å². The van der Waals surface area contributed by atoms with E-state index in [4.69, 9.17) is 9.72 Å². The number of halogens is 1. The van der Waals surface area contributed by atoms with E-state index in [1.54, 1.807) is 12.1 Å². The number of ether oxygens (including phenoxy) is 1. The zero-order chi connectivity index (χ0) is 22.4. The normalized spacial score (nSPS) is 21.8. The fourth-order valence-electron chi connectivity index (χ4n) is 5.54. The van der Waals surface area contributed by atoms with Crippen molar-refractivity contribution in [1.82, 2.24) is 15.0 Å². The maximum absolute atomic E-state index is 13.9. The third kappa shape index (κ3) is 3.77. The molecule has 2 aliphatic rings. The lowest BCUT2D eigenvalue weighted by atomic mass is 9.73. The summed E-state index contributed by atoms with van der Waals surface area (Å²) < 4.78 is 19.5. The van der Waals surface area contributed by atoms with E-state index in [0.29, 0.717) is 24.4 Å². The van der Waals surface area contributed by atoms with Crippen LogP contribution >= 0.6 is 0 Å². The summed E-state index contributed by atoms with van der Waals surface area (Å²) in [5.41, 5.74) is 5.13. The van der Waals surface area contributed by atoms with Crippen LogP contribution in [0.15, 0.2) is 53.7 Å². The van der Waals surface area contributed by atoms with Crippen molar-refractivity contribution in [2.75, 3.05) is 13.2 Å². The first-order chi connectivity index (χ1) is 16.2. The average molecular weight is 443 g/mol. The molecule has 0 saturated heterocycles. The fourth-order valence-corrected chi connectivity index (χ4v) is 5.54. The summed E-state index contributed by atoms with van der Waals surface area (Å²) in [4.78, 5) is 17.3. The summed E-state index contributed by atoms with van der Waals surface area (Å²) in [5, 5.41) is 0.956. The molecule has 2 aromatic carbocycles. The van der Waals surface area contributed by atoms with E-state index in [-0.39, 0.29) is 5.82 Å². The lowest BCUT2D eigenvalue weighted by Gasteiger charge is -2.32. The predicted octanol–water partition coefficient (Wildman–Crippen LogP) is 6.10. The van der Waals surface area contributed by atoms with E-state index in [9.17, 15) is 4.39 Å². The number of benzene rings is 2. The van der Waals surface area contributed by atoms with Gasteiger partial charge in [-0.05, 0) is 85.5 Å². The molecule has 0 spiro atoms. The number of pyridine rings is 1. The molecule has 1 saturated carbocycles. The molecule has 1 N–H and O–H groups in total. The van der Waals surface area contributed by atoms with Gasteiger partial charge in [0.05, 0.1) is 23.1 Å². The van der Waals surface area contributed by atoms with Crippen LogP contribution in [0.4, 0.5) is 4.39 Å². The summed E-state index contributed by atoms with van der Waals surface area (Å²) in [7, 11) is 0. The molecule has 4 aromatic rings.